The molecule has 6 nitrogen and oxygen atoms in total. The number of nitriles is 1. The minimum atomic E-state index is -0.388. The van der Waals surface area contributed by atoms with Gasteiger partial charge in [-0.25, -0.2) is 14.4 Å². The van der Waals surface area contributed by atoms with Crippen LogP contribution in [0.2, 0.25) is 0 Å². The molecule has 0 spiro atoms. The van der Waals surface area contributed by atoms with Crippen molar-refractivity contribution >= 4 is 17.3 Å². The number of hydrogen-bond donors (Lipinski definition) is 1. The molecule has 1 atom stereocenters. The van der Waals surface area contributed by atoms with Crippen molar-refractivity contribution in [2.45, 2.75) is 12.5 Å². The van der Waals surface area contributed by atoms with Gasteiger partial charge < -0.3 is 15.1 Å². The molecule has 0 aliphatic carbocycles. The molecule has 1 aromatic carbocycles. The molecule has 1 saturated heterocycles. The van der Waals surface area contributed by atoms with Crippen LogP contribution in [0.3, 0.4) is 0 Å². The maximum atomic E-state index is 13.3. The Bertz CT molecular complexity index is 770. The van der Waals surface area contributed by atoms with Crippen LogP contribution in [0.1, 0.15) is 12.0 Å². The topological polar surface area (TPSA) is 68.1 Å². The standard InChI is InChI=1S/C17H19FN6/c1-23(2)17-8-16(20-11-21-17)22-14-5-6-24(10-14)15-4-3-13(18)7-12(15)9-19/h3-4,7-8,11,14H,5-6,10H2,1-2H3,(H,20,21,22). The number of aromatic nitrogens is 2. The Morgan fingerprint density at radius 3 is 2.92 bits per heavy atom. The third-order valence-electron chi connectivity index (χ3n) is 4.07. The van der Waals surface area contributed by atoms with Crippen LogP contribution in [0.4, 0.5) is 21.7 Å². The van der Waals surface area contributed by atoms with Gasteiger partial charge in [0.15, 0.2) is 0 Å². The number of anilines is 3. The Labute approximate surface area is 140 Å². The summed E-state index contributed by atoms with van der Waals surface area (Å²) in [5, 5.41) is 12.6. The van der Waals surface area contributed by atoms with Crippen LogP contribution in [-0.2, 0) is 0 Å². The van der Waals surface area contributed by atoms with Gasteiger partial charge in [-0.15, -0.1) is 0 Å². The van der Waals surface area contributed by atoms with Gasteiger partial charge in [-0.3, -0.25) is 0 Å². The van der Waals surface area contributed by atoms with Crippen LogP contribution in [0.15, 0.2) is 30.6 Å². The molecule has 1 aliphatic heterocycles. The molecular formula is C17H19FN6. The van der Waals surface area contributed by atoms with Crippen LogP contribution in [0.25, 0.3) is 0 Å². The third kappa shape index (κ3) is 3.38. The van der Waals surface area contributed by atoms with Crippen LogP contribution in [-0.4, -0.2) is 43.2 Å². The van der Waals surface area contributed by atoms with Crippen LogP contribution in [0, 0.1) is 17.1 Å². The van der Waals surface area contributed by atoms with E-state index in [1.165, 1.54) is 18.5 Å². The molecule has 0 radical (unpaired) electrons. The van der Waals surface area contributed by atoms with Crippen molar-refractivity contribution in [3.05, 3.63) is 42.0 Å². The number of rotatable bonds is 4. The molecule has 1 unspecified atom stereocenters. The summed E-state index contributed by atoms with van der Waals surface area (Å²) >= 11 is 0. The Balaban J connectivity index is 1.70. The molecule has 1 fully saturated rings. The zero-order valence-electron chi connectivity index (χ0n) is 13.7. The Hall–Kier alpha value is -2.88. The molecule has 3 rings (SSSR count). The van der Waals surface area contributed by atoms with Gasteiger partial charge in [0.05, 0.1) is 11.3 Å². The highest BCUT2D eigenvalue weighted by Gasteiger charge is 2.24. The third-order valence-corrected chi connectivity index (χ3v) is 4.07. The van der Waals surface area contributed by atoms with Gasteiger partial charge in [-0.05, 0) is 24.6 Å². The van der Waals surface area contributed by atoms with Crippen LogP contribution >= 0.6 is 0 Å². The van der Waals surface area contributed by atoms with Gasteiger partial charge >= 0.3 is 0 Å². The lowest BCUT2D eigenvalue weighted by Gasteiger charge is -2.20. The summed E-state index contributed by atoms with van der Waals surface area (Å²) in [7, 11) is 3.86. The molecular weight excluding hydrogens is 307 g/mol. The maximum absolute atomic E-state index is 13.3. The summed E-state index contributed by atoms with van der Waals surface area (Å²) in [5.41, 5.74) is 1.15. The van der Waals surface area contributed by atoms with Crippen molar-refractivity contribution in [2.75, 3.05) is 42.3 Å². The average molecular weight is 326 g/mol. The van der Waals surface area contributed by atoms with E-state index in [2.05, 4.69) is 26.3 Å². The lowest BCUT2D eigenvalue weighted by Crippen LogP contribution is -2.27. The molecule has 2 aromatic rings. The van der Waals surface area contributed by atoms with Crippen molar-refractivity contribution in [1.82, 2.24) is 9.97 Å². The lowest BCUT2D eigenvalue weighted by atomic mass is 10.1. The van der Waals surface area contributed by atoms with E-state index in [0.29, 0.717) is 5.56 Å². The SMILES string of the molecule is CN(C)c1cc(NC2CCN(c3ccc(F)cc3C#N)C2)ncn1. The smallest absolute Gasteiger partial charge is 0.133 e. The summed E-state index contributed by atoms with van der Waals surface area (Å²) in [6, 6.07) is 8.53. The number of halogens is 1. The highest BCUT2D eigenvalue weighted by atomic mass is 19.1. The molecule has 24 heavy (non-hydrogen) atoms. The summed E-state index contributed by atoms with van der Waals surface area (Å²) in [4.78, 5) is 12.5. The van der Waals surface area contributed by atoms with E-state index in [1.807, 2.05) is 25.1 Å². The summed E-state index contributed by atoms with van der Waals surface area (Å²) in [5.74, 6) is 1.23. The molecule has 1 aliphatic rings. The molecule has 7 heteroatoms. The van der Waals surface area contributed by atoms with E-state index in [9.17, 15) is 9.65 Å². The Kier molecular flexibility index (Phi) is 4.47. The quantitative estimate of drug-likeness (QED) is 0.929. The molecule has 1 aromatic heterocycles. The highest BCUT2D eigenvalue weighted by molar-refractivity contribution is 5.60. The van der Waals surface area contributed by atoms with E-state index >= 15 is 0 Å². The van der Waals surface area contributed by atoms with Crippen molar-refractivity contribution in [1.29, 1.82) is 5.26 Å². The number of nitrogens with one attached hydrogen (secondary N) is 1. The molecule has 124 valence electrons. The molecule has 0 bridgehead atoms. The van der Waals surface area contributed by atoms with Gasteiger partial charge in [0, 0.05) is 39.3 Å². The summed E-state index contributed by atoms with van der Waals surface area (Å²) in [6.07, 6.45) is 2.46. The molecule has 2 heterocycles. The summed E-state index contributed by atoms with van der Waals surface area (Å²) in [6.45, 7) is 1.55. The fraction of sp³-hybridized carbons (Fsp3) is 0.353. The Morgan fingerprint density at radius 2 is 2.17 bits per heavy atom. The summed E-state index contributed by atoms with van der Waals surface area (Å²) < 4.78 is 13.3. The van der Waals surface area contributed by atoms with Crippen molar-refractivity contribution < 1.29 is 4.39 Å². The first-order chi connectivity index (χ1) is 11.6. The predicted octanol–water partition coefficient (Wildman–Crippen LogP) is 2.24. The monoisotopic (exact) mass is 326 g/mol. The lowest BCUT2D eigenvalue weighted by molar-refractivity contribution is 0.627. The molecule has 0 saturated carbocycles. The van der Waals surface area contributed by atoms with E-state index in [4.69, 9.17) is 0 Å². The second kappa shape index (κ2) is 6.71. The highest BCUT2D eigenvalue weighted by Crippen LogP contribution is 2.26. The van der Waals surface area contributed by atoms with E-state index < -0.39 is 0 Å². The van der Waals surface area contributed by atoms with Gasteiger partial charge in [-0.1, -0.05) is 0 Å². The van der Waals surface area contributed by atoms with Gasteiger partial charge in [-0.2, -0.15) is 5.26 Å². The second-order valence-electron chi connectivity index (χ2n) is 6.01. The Morgan fingerprint density at radius 1 is 1.33 bits per heavy atom. The maximum Gasteiger partial charge on any atom is 0.133 e. The van der Waals surface area contributed by atoms with Crippen molar-refractivity contribution in [3.8, 4) is 6.07 Å². The van der Waals surface area contributed by atoms with Crippen molar-refractivity contribution in [2.24, 2.45) is 0 Å². The zero-order valence-corrected chi connectivity index (χ0v) is 13.7. The second-order valence-corrected chi connectivity index (χ2v) is 6.01. The van der Waals surface area contributed by atoms with Crippen LogP contribution in [0.5, 0.6) is 0 Å². The first-order valence-electron chi connectivity index (χ1n) is 7.77. The number of benzene rings is 1. The minimum absolute atomic E-state index is 0.214. The average Bonchev–Trinajstić information content (AvgIpc) is 3.03. The minimum Gasteiger partial charge on any atom is -0.368 e. The van der Waals surface area contributed by atoms with Gasteiger partial charge in [0.25, 0.3) is 0 Å². The molecule has 1 N–H and O–H groups in total. The first kappa shape index (κ1) is 16.0. The van der Waals surface area contributed by atoms with E-state index in [1.54, 1.807) is 6.07 Å². The normalized spacial score (nSPS) is 16.8. The number of hydrogen-bond acceptors (Lipinski definition) is 6. The van der Waals surface area contributed by atoms with Crippen molar-refractivity contribution in [3.63, 3.8) is 0 Å². The van der Waals surface area contributed by atoms with Crippen LogP contribution < -0.4 is 15.1 Å². The predicted molar refractivity (Wildman–Crippen MR) is 91.7 cm³/mol. The van der Waals surface area contributed by atoms with Gasteiger partial charge in [0.2, 0.25) is 0 Å². The van der Waals surface area contributed by atoms with Gasteiger partial charge in [0.1, 0.15) is 29.8 Å². The largest absolute Gasteiger partial charge is 0.368 e. The van der Waals surface area contributed by atoms with E-state index in [-0.39, 0.29) is 11.9 Å². The fourth-order valence-corrected chi connectivity index (χ4v) is 2.85. The molecule has 0 amide bonds. The fourth-order valence-electron chi connectivity index (χ4n) is 2.85. The van der Waals surface area contributed by atoms with E-state index in [0.717, 1.165) is 36.8 Å². The first-order valence-corrected chi connectivity index (χ1v) is 7.77. The zero-order chi connectivity index (χ0) is 17.1. The number of nitrogens with zero attached hydrogens (tertiary/aromatic N) is 5.